The molecule has 188 valence electrons. The minimum absolute atomic E-state index is 0.0149. The summed E-state index contributed by atoms with van der Waals surface area (Å²) in [6.45, 7) is 6.65. The molecule has 1 aliphatic rings. The highest BCUT2D eigenvalue weighted by Crippen LogP contribution is 2.44. The topological polar surface area (TPSA) is 105 Å². The summed E-state index contributed by atoms with van der Waals surface area (Å²) in [4.78, 5) is 35.8. The highest BCUT2D eigenvalue weighted by Gasteiger charge is 2.29. The Morgan fingerprint density at radius 3 is 2.11 bits per heavy atom. The number of fused-ring (bicyclic) bond motifs is 3. The summed E-state index contributed by atoms with van der Waals surface area (Å²) in [6.07, 6.45) is 0.947. The number of carboxylic acid groups (broad SMARTS) is 1. The summed E-state index contributed by atoms with van der Waals surface area (Å²) in [5, 5.41) is 14.8. The average molecular weight is 481 g/mol. The van der Waals surface area contributed by atoms with Gasteiger partial charge in [-0.25, -0.2) is 4.79 Å². The molecule has 7 nitrogen and oxygen atoms in total. The highest BCUT2D eigenvalue weighted by molar-refractivity contribution is 5.79. The van der Waals surface area contributed by atoms with Gasteiger partial charge >= 0.3 is 12.1 Å². The van der Waals surface area contributed by atoms with E-state index in [0.29, 0.717) is 19.4 Å². The summed E-state index contributed by atoms with van der Waals surface area (Å²) < 4.78 is 5.54. The number of carbonyl (C=O) groups is 3. The molecule has 7 heteroatoms. The van der Waals surface area contributed by atoms with E-state index in [9.17, 15) is 19.5 Å². The van der Waals surface area contributed by atoms with Gasteiger partial charge in [0.1, 0.15) is 6.61 Å². The Labute approximate surface area is 207 Å². The van der Waals surface area contributed by atoms with Crippen LogP contribution in [0.4, 0.5) is 4.79 Å². The summed E-state index contributed by atoms with van der Waals surface area (Å²) in [7, 11) is 0. The third kappa shape index (κ3) is 7.31. The fourth-order valence-corrected chi connectivity index (χ4v) is 4.64. The van der Waals surface area contributed by atoms with Crippen LogP contribution in [0.1, 0.15) is 57.1 Å². The maximum absolute atomic E-state index is 12.3. The van der Waals surface area contributed by atoms with E-state index in [4.69, 9.17) is 4.74 Å². The van der Waals surface area contributed by atoms with E-state index in [2.05, 4.69) is 34.9 Å². The Hall–Kier alpha value is -3.35. The molecule has 2 atom stereocenters. The smallest absolute Gasteiger partial charge is 0.407 e. The monoisotopic (exact) mass is 480 g/mol. The van der Waals surface area contributed by atoms with E-state index in [1.807, 2.05) is 45.0 Å². The van der Waals surface area contributed by atoms with Crippen LogP contribution in [0.5, 0.6) is 0 Å². The molecular formula is C28H36N2O5. The molecule has 0 fully saturated rings. The average Bonchev–Trinajstić information content (AvgIpc) is 3.13. The van der Waals surface area contributed by atoms with Crippen LogP contribution in [0.3, 0.4) is 0 Å². The molecule has 0 aromatic heterocycles. The minimum atomic E-state index is -0.889. The van der Waals surface area contributed by atoms with Crippen LogP contribution in [0.2, 0.25) is 0 Å². The van der Waals surface area contributed by atoms with Gasteiger partial charge in [0.25, 0.3) is 0 Å². The Balaban J connectivity index is 1.38. The lowest BCUT2D eigenvalue weighted by Crippen LogP contribution is -2.34. The molecule has 0 aliphatic heterocycles. The first-order valence-corrected chi connectivity index (χ1v) is 12.3. The second kappa shape index (κ2) is 12.4. The van der Waals surface area contributed by atoms with Crippen molar-refractivity contribution in [1.29, 1.82) is 0 Å². The molecule has 2 unspecified atom stereocenters. The first kappa shape index (κ1) is 26.3. The van der Waals surface area contributed by atoms with E-state index >= 15 is 0 Å². The largest absolute Gasteiger partial charge is 0.481 e. The van der Waals surface area contributed by atoms with Crippen LogP contribution >= 0.6 is 0 Å². The Bertz CT molecular complexity index is 990. The fraction of sp³-hybridized carbons (Fsp3) is 0.464. The van der Waals surface area contributed by atoms with Crippen LogP contribution in [-0.4, -0.2) is 42.8 Å². The summed E-state index contributed by atoms with van der Waals surface area (Å²) in [5.41, 5.74) is 4.70. The van der Waals surface area contributed by atoms with Gasteiger partial charge in [-0.15, -0.1) is 0 Å². The second-order valence-corrected chi connectivity index (χ2v) is 9.82. The molecule has 0 heterocycles. The lowest BCUT2D eigenvalue weighted by Gasteiger charge is -2.17. The van der Waals surface area contributed by atoms with E-state index in [0.717, 1.165) is 0 Å². The van der Waals surface area contributed by atoms with E-state index in [1.54, 1.807) is 0 Å². The number of benzene rings is 2. The normalized spacial score (nSPS) is 14.1. The first-order chi connectivity index (χ1) is 16.8. The van der Waals surface area contributed by atoms with Gasteiger partial charge < -0.3 is 20.5 Å². The van der Waals surface area contributed by atoms with E-state index in [-0.39, 0.29) is 43.2 Å². The van der Waals surface area contributed by atoms with Gasteiger partial charge in [-0.3, -0.25) is 9.59 Å². The maximum Gasteiger partial charge on any atom is 0.407 e. The Kier molecular flexibility index (Phi) is 9.29. The lowest BCUT2D eigenvalue weighted by molar-refractivity contribution is -0.142. The number of hydrogen-bond acceptors (Lipinski definition) is 4. The van der Waals surface area contributed by atoms with E-state index < -0.39 is 18.0 Å². The van der Waals surface area contributed by atoms with Gasteiger partial charge in [0.2, 0.25) is 5.91 Å². The van der Waals surface area contributed by atoms with Crippen molar-refractivity contribution in [3.8, 4) is 11.1 Å². The first-order valence-electron chi connectivity index (χ1n) is 12.3. The zero-order valence-electron chi connectivity index (χ0n) is 20.8. The number of alkyl carbamates (subject to hydrolysis) is 1. The van der Waals surface area contributed by atoms with Crippen LogP contribution in [0, 0.1) is 17.8 Å². The summed E-state index contributed by atoms with van der Waals surface area (Å²) in [6, 6.07) is 16.4. The van der Waals surface area contributed by atoms with Gasteiger partial charge in [-0.05, 0) is 46.9 Å². The van der Waals surface area contributed by atoms with Gasteiger partial charge in [0.15, 0.2) is 0 Å². The number of hydrogen-bond donors (Lipinski definition) is 3. The van der Waals surface area contributed by atoms with Crippen molar-refractivity contribution in [1.82, 2.24) is 10.6 Å². The Morgan fingerprint density at radius 2 is 1.54 bits per heavy atom. The number of nitrogens with one attached hydrogen (secondary N) is 2. The summed E-state index contributed by atoms with van der Waals surface area (Å²) in [5.74, 6) is -1.34. The molecular weight excluding hydrogens is 444 g/mol. The predicted molar refractivity (Wildman–Crippen MR) is 135 cm³/mol. The lowest BCUT2D eigenvalue weighted by atomic mass is 9.97. The molecule has 0 spiro atoms. The van der Waals surface area contributed by atoms with Gasteiger partial charge in [-0.1, -0.05) is 69.3 Å². The molecule has 0 saturated heterocycles. The molecule has 2 amide bonds. The highest BCUT2D eigenvalue weighted by atomic mass is 16.5. The van der Waals surface area contributed by atoms with Crippen molar-refractivity contribution in [3.05, 3.63) is 59.7 Å². The van der Waals surface area contributed by atoms with Crippen molar-refractivity contribution < 1.29 is 24.2 Å². The third-order valence-corrected chi connectivity index (χ3v) is 6.43. The number of carboxylic acids is 1. The number of carbonyl (C=O) groups excluding carboxylic acids is 2. The zero-order valence-corrected chi connectivity index (χ0v) is 20.8. The van der Waals surface area contributed by atoms with Crippen molar-refractivity contribution in [3.63, 3.8) is 0 Å². The third-order valence-electron chi connectivity index (χ3n) is 6.43. The number of aliphatic carboxylic acids is 1. The van der Waals surface area contributed by atoms with Crippen LogP contribution in [0.15, 0.2) is 48.5 Å². The predicted octanol–water partition coefficient (Wildman–Crippen LogP) is 4.80. The molecule has 35 heavy (non-hydrogen) atoms. The SMILES string of the molecule is CC(C)CC(CNC(=O)CC(C)CCNC(=O)OCC1c2ccccc2-c2ccccc21)C(=O)O. The molecule has 0 radical (unpaired) electrons. The number of rotatable bonds is 12. The quantitative estimate of drug-likeness (QED) is 0.405. The minimum Gasteiger partial charge on any atom is -0.481 e. The Morgan fingerprint density at radius 1 is 0.943 bits per heavy atom. The molecule has 1 aliphatic carbocycles. The molecule has 0 bridgehead atoms. The van der Waals surface area contributed by atoms with Crippen molar-refractivity contribution in [2.45, 2.75) is 46.0 Å². The van der Waals surface area contributed by atoms with Crippen molar-refractivity contribution in [2.24, 2.45) is 17.8 Å². The number of ether oxygens (including phenoxy) is 1. The molecule has 3 rings (SSSR count). The van der Waals surface area contributed by atoms with Gasteiger partial charge in [0, 0.05) is 25.4 Å². The molecule has 2 aromatic carbocycles. The van der Waals surface area contributed by atoms with Crippen LogP contribution < -0.4 is 10.6 Å². The molecule has 3 N–H and O–H groups in total. The standard InChI is InChI=1S/C28H36N2O5/c1-18(2)14-20(27(32)33)16-30-26(31)15-19(3)12-13-29-28(34)35-17-25-23-10-6-4-8-21(23)22-9-5-7-11-24(22)25/h4-11,18-20,25H,12-17H2,1-3H3,(H,29,34)(H,30,31)(H,32,33). The number of amides is 2. The zero-order chi connectivity index (χ0) is 25.4. The van der Waals surface area contributed by atoms with Crippen molar-refractivity contribution in [2.75, 3.05) is 19.7 Å². The van der Waals surface area contributed by atoms with Gasteiger partial charge in [0.05, 0.1) is 5.92 Å². The molecule has 0 saturated carbocycles. The molecule has 2 aromatic rings. The fourth-order valence-electron chi connectivity index (χ4n) is 4.64. The maximum atomic E-state index is 12.3. The van der Waals surface area contributed by atoms with Crippen molar-refractivity contribution >= 4 is 18.0 Å². The van der Waals surface area contributed by atoms with E-state index in [1.165, 1.54) is 22.3 Å². The van der Waals surface area contributed by atoms with Crippen LogP contribution in [0.25, 0.3) is 11.1 Å². The summed E-state index contributed by atoms with van der Waals surface area (Å²) >= 11 is 0. The van der Waals surface area contributed by atoms with Gasteiger partial charge in [-0.2, -0.15) is 0 Å². The second-order valence-electron chi connectivity index (χ2n) is 9.82. The van der Waals surface area contributed by atoms with Crippen LogP contribution in [-0.2, 0) is 14.3 Å².